The van der Waals surface area contributed by atoms with Gasteiger partial charge in [0.05, 0.1) is 18.5 Å². The molecule has 0 unspecified atom stereocenters. The minimum atomic E-state index is -0.184. The second-order valence-corrected chi connectivity index (χ2v) is 8.57. The fourth-order valence-electron chi connectivity index (χ4n) is 3.68. The molecule has 3 rings (SSSR count). The molecular formula is C18H31N5O2S. The summed E-state index contributed by atoms with van der Waals surface area (Å²) in [5.74, 6) is 1.55. The van der Waals surface area contributed by atoms with Crippen molar-refractivity contribution >= 4 is 23.6 Å². The van der Waals surface area contributed by atoms with E-state index in [2.05, 4.69) is 38.8 Å². The molecular weight excluding hydrogens is 350 g/mol. The van der Waals surface area contributed by atoms with Gasteiger partial charge in [0.15, 0.2) is 5.16 Å². The fourth-order valence-corrected chi connectivity index (χ4v) is 4.60. The number of aromatic nitrogens is 3. The van der Waals surface area contributed by atoms with Crippen LogP contribution in [0.3, 0.4) is 0 Å². The predicted molar refractivity (Wildman–Crippen MR) is 104 cm³/mol. The Balaban J connectivity index is 1.62. The summed E-state index contributed by atoms with van der Waals surface area (Å²) in [4.78, 5) is 14.9. The van der Waals surface area contributed by atoms with E-state index in [1.807, 2.05) is 6.92 Å². The van der Waals surface area contributed by atoms with E-state index >= 15 is 0 Å². The van der Waals surface area contributed by atoms with Crippen LogP contribution in [0.25, 0.3) is 0 Å². The molecule has 0 bridgehead atoms. The number of nitrogens with one attached hydrogen (secondary N) is 1. The second kappa shape index (κ2) is 9.08. The van der Waals surface area contributed by atoms with Gasteiger partial charge in [0.2, 0.25) is 11.9 Å². The van der Waals surface area contributed by atoms with Gasteiger partial charge in [0, 0.05) is 25.7 Å². The van der Waals surface area contributed by atoms with Gasteiger partial charge in [-0.2, -0.15) is 0 Å². The molecule has 1 amide bonds. The van der Waals surface area contributed by atoms with Gasteiger partial charge >= 0.3 is 0 Å². The fraction of sp³-hybridized carbons (Fsp3) is 0.833. The van der Waals surface area contributed by atoms with Crippen molar-refractivity contribution in [2.75, 3.05) is 31.2 Å². The molecule has 1 aliphatic carbocycles. The van der Waals surface area contributed by atoms with Crippen molar-refractivity contribution in [2.45, 2.75) is 69.4 Å². The van der Waals surface area contributed by atoms with E-state index in [0.717, 1.165) is 50.4 Å². The first-order chi connectivity index (χ1) is 12.6. The summed E-state index contributed by atoms with van der Waals surface area (Å²) in [6.45, 7) is 10.2. The van der Waals surface area contributed by atoms with Gasteiger partial charge in [-0.15, -0.1) is 10.2 Å². The summed E-state index contributed by atoms with van der Waals surface area (Å²) in [7, 11) is 0. The van der Waals surface area contributed by atoms with E-state index in [4.69, 9.17) is 4.74 Å². The largest absolute Gasteiger partial charge is 0.378 e. The molecule has 1 saturated heterocycles. The lowest BCUT2D eigenvalue weighted by Gasteiger charge is -2.30. The molecule has 1 aliphatic heterocycles. The summed E-state index contributed by atoms with van der Waals surface area (Å²) in [5.41, 5.74) is 0. The molecule has 26 heavy (non-hydrogen) atoms. The molecule has 0 radical (unpaired) electrons. The van der Waals surface area contributed by atoms with Crippen LogP contribution in [0.15, 0.2) is 5.16 Å². The number of carbonyl (C=O) groups excluding carboxylic acids is 1. The Labute approximate surface area is 160 Å². The SMILES string of the molecule is CCn1c(S[C@H](C)C(=O)N[C@@H]2CCCC[C@@H]2C)nnc1N1CCOCC1. The Morgan fingerprint density at radius 3 is 2.73 bits per heavy atom. The van der Waals surface area contributed by atoms with Crippen LogP contribution in [0, 0.1) is 5.92 Å². The summed E-state index contributed by atoms with van der Waals surface area (Å²) in [5, 5.41) is 12.6. The number of thioether (sulfide) groups is 1. The molecule has 2 fully saturated rings. The van der Waals surface area contributed by atoms with Crippen molar-refractivity contribution in [3.05, 3.63) is 0 Å². The highest BCUT2D eigenvalue weighted by Gasteiger charge is 2.27. The second-order valence-electron chi connectivity index (χ2n) is 7.26. The molecule has 7 nitrogen and oxygen atoms in total. The van der Waals surface area contributed by atoms with E-state index in [-0.39, 0.29) is 11.2 Å². The highest BCUT2D eigenvalue weighted by molar-refractivity contribution is 8.00. The van der Waals surface area contributed by atoms with Gasteiger partial charge in [0.1, 0.15) is 0 Å². The first-order valence-electron chi connectivity index (χ1n) is 9.83. The number of morpholine rings is 1. The zero-order valence-corrected chi connectivity index (χ0v) is 16.9. The first kappa shape index (κ1) is 19.5. The number of carbonyl (C=O) groups is 1. The molecule has 0 aromatic carbocycles. The highest BCUT2D eigenvalue weighted by Crippen LogP contribution is 2.28. The van der Waals surface area contributed by atoms with Crippen LogP contribution >= 0.6 is 11.8 Å². The normalized spacial score (nSPS) is 25.1. The van der Waals surface area contributed by atoms with Crippen molar-refractivity contribution in [2.24, 2.45) is 5.92 Å². The molecule has 1 aromatic rings. The van der Waals surface area contributed by atoms with Crippen LogP contribution < -0.4 is 10.2 Å². The standard InChI is InChI=1S/C18H31N5O2S/c1-4-23-17(22-9-11-25-12-10-22)20-21-18(23)26-14(3)16(24)19-15-8-6-5-7-13(15)2/h13-15H,4-12H2,1-3H3,(H,19,24)/t13-,14+,15+/m0/s1. The average molecular weight is 382 g/mol. The Kier molecular flexibility index (Phi) is 6.80. The van der Waals surface area contributed by atoms with E-state index in [9.17, 15) is 4.79 Å². The maximum Gasteiger partial charge on any atom is 0.233 e. The van der Waals surface area contributed by atoms with E-state index in [0.29, 0.717) is 12.0 Å². The maximum absolute atomic E-state index is 12.7. The lowest BCUT2D eigenvalue weighted by molar-refractivity contribution is -0.121. The van der Waals surface area contributed by atoms with Gasteiger partial charge in [-0.05, 0) is 32.6 Å². The van der Waals surface area contributed by atoms with E-state index < -0.39 is 0 Å². The minimum absolute atomic E-state index is 0.104. The number of anilines is 1. The van der Waals surface area contributed by atoms with E-state index in [1.54, 1.807) is 0 Å². The Morgan fingerprint density at radius 2 is 2.04 bits per heavy atom. The van der Waals surface area contributed by atoms with Crippen molar-refractivity contribution in [3.63, 3.8) is 0 Å². The van der Waals surface area contributed by atoms with Gasteiger partial charge in [-0.3, -0.25) is 9.36 Å². The number of nitrogens with zero attached hydrogens (tertiary/aromatic N) is 4. The Hall–Kier alpha value is -1.28. The molecule has 8 heteroatoms. The van der Waals surface area contributed by atoms with Crippen LogP contribution in [0.4, 0.5) is 5.95 Å². The number of hydrogen-bond acceptors (Lipinski definition) is 6. The zero-order chi connectivity index (χ0) is 18.5. The smallest absolute Gasteiger partial charge is 0.233 e. The van der Waals surface area contributed by atoms with Crippen molar-refractivity contribution < 1.29 is 9.53 Å². The third-order valence-electron chi connectivity index (χ3n) is 5.40. The predicted octanol–water partition coefficient (Wildman–Crippen LogP) is 2.31. The third-order valence-corrected chi connectivity index (χ3v) is 6.48. The van der Waals surface area contributed by atoms with Crippen LogP contribution in [0.2, 0.25) is 0 Å². The molecule has 1 saturated carbocycles. The number of hydrogen-bond donors (Lipinski definition) is 1. The molecule has 3 atom stereocenters. The van der Waals surface area contributed by atoms with Crippen molar-refractivity contribution in [3.8, 4) is 0 Å². The van der Waals surface area contributed by atoms with Crippen molar-refractivity contribution in [1.29, 1.82) is 0 Å². The van der Waals surface area contributed by atoms with Gasteiger partial charge in [-0.25, -0.2) is 0 Å². The monoisotopic (exact) mass is 381 g/mol. The van der Waals surface area contributed by atoms with Gasteiger partial charge in [-0.1, -0.05) is 31.5 Å². The molecule has 146 valence electrons. The summed E-state index contributed by atoms with van der Waals surface area (Å²) in [6.07, 6.45) is 4.79. The molecule has 0 spiro atoms. The number of rotatable bonds is 6. The van der Waals surface area contributed by atoms with Gasteiger partial charge < -0.3 is 15.0 Å². The topological polar surface area (TPSA) is 72.3 Å². The average Bonchev–Trinajstić information content (AvgIpc) is 3.06. The lowest BCUT2D eigenvalue weighted by atomic mass is 9.86. The minimum Gasteiger partial charge on any atom is -0.378 e. The van der Waals surface area contributed by atoms with Crippen LogP contribution in [0.1, 0.15) is 46.5 Å². The third kappa shape index (κ3) is 4.52. The molecule has 1 N–H and O–H groups in total. The van der Waals surface area contributed by atoms with E-state index in [1.165, 1.54) is 31.0 Å². The first-order valence-corrected chi connectivity index (χ1v) is 10.7. The lowest BCUT2D eigenvalue weighted by Crippen LogP contribution is -2.44. The Morgan fingerprint density at radius 1 is 1.31 bits per heavy atom. The number of ether oxygens (including phenoxy) is 1. The summed E-state index contributed by atoms with van der Waals surface area (Å²) in [6, 6.07) is 0.312. The van der Waals surface area contributed by atoms with Crippen molar-refractivity contribution in [1.82, 2.24) is 20.1 Å². The molecule has 1 aromatic heterocycles. The maximum atomic E-state index is 12.7. The highest BCUT2D eigenvalue weighted by atomic mass is 32.2. The van der Waals surface area contributed by atoms with Crippen LogP contribution in [-0.2, 0) is 16.1 Å². The summed E-state index contributed by atoms with van der Waals surface area (Å²) < 4.78 is 7.52. The van der Waals surface area contributed by atoms with Gasteiger partial charge in [0.25, 0.3) is 0 Å². The molecule has 2 heterocycles. The quantitative estimate of drug-likeness (QED) is 0.763. The Bertz CT molecular complexity index is 602. The number of amides is 1. The summed E-state index contributed by atoms with van der Waals surface area (Å²) >= 11 is 1.50. The van der Waals surface area contributed by atoms with Crippen LogP contribution in [-0.4, -0.2) is 58.3 Å². The van der Waals surface area contributed by atoms with Crippen LogP contribution in [0.5, 0.6) is 0 Å². The molecule has 2 aliphatic rings. The zero-order valence-electron chi connectivity index (χ0n) is 16.1.